The summed E-state index contributed by atoms with van der Waals surface area (Å²) >= 11 is 6.14. The van der Waals surface area contributed by atoms with E-state index >= 15 is 0 Å². The van der Waals surface area contributed by atoms with Crippen LogP contribution in [0.4, 0.5) is 5.69 Å². The summed E-state index contributed by atoms with van der Waals surface area (Å²) in [6.07, 6.45) is -1.01. The number of benzene rings is 2. The number of nitrogens with zero attached hydrogens (tertiary/aromatic N) is 1. The van der Waals surface area contributed by atoms with Gasteiger partial charge in [0.15, 0.2) is 0 Å². The van der Waals surface area contributed by atoms with E-state index in [9.17, 15) is 4.79 Å². The van der Waals surface area contributed by atoms with Crippen LogP contribution >= 0.6 is 11.6 Å². The number of ether oxygens (including phenoxy) is 1. The van der Waals surface area contributed by atoms with Crippen LogP contribution in [-0.4, -0.2) is 24.0 Å². The van der Waals surface area contributed by atoms with E-state index in [2.05, 4.69) is 10.3 Å². The summed E-state index contributed by atoms with van der Waals surface area (Å²) in [6, 6.07) is 15.0. The first-order valence-electron chi connectivity index (χ1n) is 7.44. The minimum absolute atomic E-state index is 0.115. The molecule has 2 aromatic rings. The maximum Gasteiger partial charge on any atom is 0.276 e. The molecular weight excluding hydrogens is 312 g/mol. The molecule has 0 bridgehead atoms. The maximum absolute atomic E-state index is 12.4. The molecule has 0 fully saturated rings. The lowest BCUT2D eigenvalue weighted by molar-refractivity contribution is -0.129. The molecular formula is C18H17ClN2O2. The van der Waals surface area contributed by atoms with Crippen LogP contribution in [0.5, 0.6) is 0 Å². The largest absolute Gasteiger partial charge is 0.345 e. The van der Waals surface area contributed by atoms with Crippen molar-refractivity contribution in [2.75, 3.05) is 5.32 Å². The number of carbonyl (C=O) groups is 1. The van der Waals surface area contributed by atoms with Gasteiger partial charge in [-0.3, -0.25) is 4.79 Å². The number of halogens is 1. The predicted molar refractivity (Wildman–Crippen MR) is 92.2 cm³/mol. The summed E-state index contributed by atoms with van der Waals surface area (Å²) in [4.78, 5) is 17.0. The van der Waals surface area contributed by atoms with Crippen LogP contribution in [-0.2, 0) is 9.53 Å². The quantitative estimate of drug-likeness (QED) is 0.929. The van der Waals surface area contributed by atoms with Gasteiger partial charge in [0.25, 0.3) is 5.91 Å². The Morgan fingerprint density at radius 1 is 1.17 bits per heavy atom. The van der Waals surface area contributed by atoms with Crippen molar-refractivity contribution in [2.45, 2.75) is 26.2 Å². The monoisotopic (exact) mass is 328 g/mol. The lowest BCUT2D eigenvalue weighted by Crippen LogP contribution is -2.30. The number of carbonyl (C=O) groups excluding carboxylic acids is 1. The van der Waals surface area contributed by atoms with Crippen molar-refractivity contribution in [1.82, 2.24) is 0 Å². The molecule has 0 aliphatic carbocycles. The first-order chi connectivity index (χ1) is 11.0. The number of hydrogen-bond acceptors (Lipinski definition) is 3. The third kappa shape index (κ3) is 3.44. The molecule has 1 heterocycles. The Labute approximate surface area is 140 Å². The molecule has 0 saturated carbocycles. The number of amides is 1. The summed E-state index contributed by atoms with van der Waals surface area (Å²) in [7, 11) is 0. The fraction of sp³-hybridized carbons (Fsp3) is 0.222. The summed E-state index contributed by atoms with van der Waals surface area (Å²) in [5.41, 5.74) is 3.06. The van der Waals surface area contributed by atoms with Gasteiger partial charge in [0.2, 0.25) is 6.23 Å². The molecule has 1 atom stereocenters. The molecule has 5 heteroatoms. The second-order valence-electron chi connectivity index (χ2n) is 5.56. The van der Waals surface area contributed by atoms with Crippen LogP contribution in [0.2, 0.25) is 5.02 Å². The molecule has 1 aliphatic heterocycles. The highest BCUT2D eigenvalue weighted by atomic mass is 35.5. The van der Waals surface area contributed by atoms with E-state index in [-0.39, 0.29) is 12.0 Å². The van der Waals surface area contributed by atoms with Crippen molar-refractivity contribution >= 4 is 28.9 Å². The summed E-state index contributed by atoms with van der Waals surface area (Å²) in [6.45, 7) is 3.75. The SMILES string of the molecule is CC(C)OC1N=C(c2ccccc2)c2cc(Cl)ccc2NC1=O. The van der Waals surface area contributed by atoms with Gasteiger partial charge in [-0.05, 0) is 32.0 Å². The number of benzodiazepines with no additional fused rings is 1. The van der Waals surface area contributed by atoms with E-state index in [0.29, 0.717) is 16.4 Å². The van der Waals surface area contributed by atoms with E-state index in [4.69, 9.17) is 16.3 Å². The lowest BCUT2D eigenvalue weighted by atomic mass is 10.0. The van der Waals surface area contributed by atoms with Gasteiger partial charge >= 0.3 is 0 Å². The van der Waals surface area contributed by atoms with Gasteiger partial charge < -0.3 is 10.1 Å². The molecule has 0 spiro atoms. The van der Waals surface area contributed by atoms with Gasteiger partial charge in [-0.2, -0.15) is 0 Å². The van der Waals surface area contributed by atoms with Crippen LogP contribution in [0, 0.1) is 0 Å². The van der Waals surface area contributed by atoms with Gasteiger partial charge in [0.1, 0.15) is 0 Å². The van der Waals surface area contributed by atoms with Crippen LogP contribution < -0.4 is 5.32 Å². The number of fused-ring (bicyclic) bond motifs is 1. The lowest BCUT2D eigenvalue weighted by Gasteiger charge is -2.14. The average Bonchev–Trinajstić information content (AvgIpc) is 2.65. The van der Waals surface area contributed by atoms with Crippen LogP contribution in [0.25, 0.3) is 0 Å². The highest BCUT2D eigenvalue weighted by Crippen LogP contribution is 2.27. The molecule has 4 nitrogen and oxygen atoms in total. The first-order valence-corrected chi connectivity index (χ1v) is 7.82. The Bertz CT molecular complexity index is 757. The number of aliphatic imine (C=N–C) groups is 1. The topological polar surface area (TPSA) is 50.7 Å². The Hall–Kier alpha value is -2.17. The van der Waals surface area contributed by atoms with Gasteiger partial charge in [0.05, 0.1) is 17.5 Å². The van der Waals surface area contributed by atoms with E-state index in [1.165, 1.54) is 0 Å². The second-order valence-corrected chi connectivity index (χ2v) is 6.00. The van der Waals surface area contributed by atoms with E-state index in [1.807, 2.05) is 44.2 Å². The van der Waals surface area contributed by atoms with E-state index in [1.54, 1.807) is 18.2 Å². The molecule has 118 valence electrons. The standard InChI is InChI=1S/C18H17ClN2O2/c1-11(2)23-18-17(22)20-15-9-8-13(19)10-14(15)16(21-18)12-6-4-3-5-7-12/h3-11,18H,1-2H3,(H,20,22). The maximum atomic E-state index is 12.4. The Kier molecular flexibility index (Phi) is 4.46. The minimum Gasteiger partial charge on any atom is -0.345 e. The molecule has 1 unspecified atom stereocenters. The highest BCUT2D eigenvalue weighted by Gasteiger charge is 2.27. The Morgan fingerprint density at radius 3 is 2.61 bits per heavy atom. The predicted octanol–water partition coefficient (Wildman–Crippen LogP) is 3.88. The smallest absolute Gasteiger partial charge is 0.276 e. The van der Waals surface area contributed by atoms with E-state index < -0.39 is 6.23 Å². The normalized spacial score (nSPS) is 17.3. The van der Waals surface area contributed by atoms with Crippen molar-refractivity contribution in [1.29, 1.82) is 0 Å². The molecule has 0 aromatic heterocycles. The van der Waals surface area contributed by atoms with Crippen molar-refractivity contribution in [3.63, 3.8) is 0 Å². The van der Waals surface area contributed by atoms with Gasteiger partial charge in [-0.25, -0.2) is 4.99 Å². The number of anilines is 1. The number of rotatable bonds is 3. The molecule has 1 aliphatic rings. The van der Waals surface area contributed by atoms with Crippen molar-refractivity contribution in [2.24, 2.45) is 4.99 Å². The average molecular weight is 329 g/mol. The fourth-order valence-electron chi connectivity index (χ4n) is 2.44. The molecule has 23 heavy (non-hydrogen) atoms. The third-order valence-electron chi connectivity index (χ3n) is 3.41. The molecule has 2 aromatic carbocycles. The van der Waals surface area contributed by atoms with Crippen LogP contribution in [0.15, 0.2) is 53.5 Å². The molecule has 3 rings (SSSR count). The zero-order chi connectivity index (χ0) is 16.4. The minimum atomic E-state index is -0.892. The molecule has 1 amide bonds. The summed E-state index contributed by atoms with van der Waals surface area (Å²) in [5, 5.41) is 3.46. The van der Waals surface area contributed by atoms with Gasteiger partial charge in [-0.15, -0.1) is 0 Å². The number of nitrogens with one attached hydrogen (secondary N) is 1. The summed E-state index contributed by atoms with van der Waals surface area (Å²) in [5.74, 6) is -0.284. The second kappa shape index (κ2) is 6.52. The van der Waals surface area contributed by atoms with Crippen LogP contribution in [0.3, 0.4) is 0 Å². The number of hydrogen-bond donors (Lipinski definition) is 1. The summed E-state index contributed by atoms with van der Waals surface area (Å²) < 4.78 is 5.66. The highest BCUT2D eigenvalue weighted by molar-refractivity contribution is 6.32. The van der Waals surface area contributed by atoms with Crippen molar-refractivity contribution in [3.05, 3.63) is 64.7 Å². The fourth-order valence-corrected chi connectivity index (χ4v) is 2.61. The molecule has 1 N–H and O–H groups in total. The van der Waals surface area contributed by atoms with Crippen LogP contribution in [0.1, 0.15) is 25.0 Å². The zero-order valence-corrected chi connectivity index (χ0v) is 13.7. The van der Waals surface area contributed by atoms with Crippen molar-refractivity contribution < 1.29 is 9.53 Å². The Morgan fingerprint density at radius 2 is 1.91 bits per heavy atom. The van der Waals surface area contributed by atoms with Crippen molar-refractivity contribution in [3.8, 4) is 0 Å². The van der Waals surface area contributed by atoms with E-state index in [0.717, 1.165) is 11.1 Å². The Balaban J connectivity index is 2.16. The molecule has 0 saturated heterocycles. The van der Waals surface area contributed by atoms with Gasteiger partial charge in [-0.1, -0.05) is 41.9 Å². The zero-order valence-electron chi connectivity index (χ0n) is 12.9. The molecule has 0 radical (unpaired) electrons. The third-order valence-corrected chi connectivity index (χ3v) is 3.65. The first kappa shape index (κ1) is 15.7. The van der Waals surface area contributed by atoms with Gasteiger partial charge in [0, 0.05) is 16.1 Å².